The summed E-state index contributed by atoms with van der Waals surface area (Å²) in [6.07, 6.45) is 6.33. The van der Waals surface area contributed by atoms with Crippen molar-refractivity contribution in [2.24, 2.45) is 0 Å². The fourth-order valence-corrected chi connectivity index (χ4v) is 1.70. The second-order valence-corrected chi connectivity index (χ2v) is 4.12. The summed E-state index contributed by atoms with van der Waals surface area (Å²) in [7, 11) is 0. The minimum atomic E-state index is -0.265. The maximum atomic E-state index is 11.4. The van der Waals surface area contributed by atoms with Crippen LogP contribution < -0.4 is 0 Å². The number of carbonyl (C=O) groups excluding carboxylic acids is 1. The van der Waals surface area contributed by atoms with Crippen molar-refractivity contribution in [3.63, 3.8) is 0 Å². The van der Waals surface area contributed by atoms with Crippen molar-refractivity contribution in [3.8, 4) is 0 Å². The molecule has 1 fully saturated rings. The Balaban J connectivity index is 1.93. The molecule has 0 aliphatic carbocycles. The third-order valence-electron chi connectivity index (χ3n) is 2.71. The molecule has 0 aromatic rings. The number of hydrogen-bond donors (Lipinski definition) is 1. The van der Waals surface area contributed by atoms with Gasteiger partial charge in [0.1, 0.15) is 0 Å². The number of rotatable bonds is 6. The average molecular weight is 199 g/mol. The van der Waals surface area contributed by atoms with Crippen molar-refractivity contribution in [1.82, 2.24) is 4.90 Å². The monoisotopic (exact) mass is 199 g/mol. The highest BCUT2D eigenvalue weighted by Gasteiger charge is 2.27. The first-order valence-electron chi connectivity index (χ1n) is 5.70. The lowest BCUT2D eigenvalue weighted by Gasteiger charge is -2.35. The molecular weight excluding hydrogens is 178 g/mol. The summed E-state index contributed by atoms with van der Waals surface area (Å²) in [4.78, 5) is 13.2. The Morgan fingerprint density at radius 3 is 2.50 bits per heavy atom. The van der Waals surface area contributed by atoms with E-state index in [1.807, 2.05) is 0 Å². The van der Waals surface area contributed by atoms with E-state index in [1.165, 1.54) is 19.3 Å². The highest BCUT2D eigenvalue weighted by Crippen LogP contribution is 2.12. The molecule has 1 heterocycles. The van der Waals surface area contributed by atoms with Crippen molar-refractivity contribution < 1.29 is 9.90 Å². The van der Waals surface area contributed by atoms with Crippen molar-refractivity contribution in [1.29, 1.82) is 0 Å². The third kappa shape index (κ3) is 3.66. The molecule has 3 nitrogen and oxygen atoms in total. The largest absolute Gasteiger partial charge is 0.389 e. The van der Waals surface area contributed by atoms with Gasteiger partial charge in [0, 0.05) is 19.5 Å². The van der Waals surface area contributed by atoms with Gasteiger partial charge < -0.3 is 10.0 Å². The summed E-state index contributed by atoms with van der Waals surface area (Å²) in [5, 5.41) is 9.01. The second kappa shape index (κ2) is 6.02. The normalized spacial score (nSPS) is 16.9. The van der Waals surface area contributed by atoms with Gasteiger partial charge in [-0.2, -0.15) is 0 Å². The minimum absolute atomic E-state index is 0.215. The van der Waals surface area contributed by atoms with Crippen LogP contribution in [0, 0.1) is 0 Å². The van der Waals surface area contributed by atoms with Crippen LogP contribution in [0.5, 0.6) is 0 Å². The summed E-state index contributed by atoms with van der Waals surface area (Å²) in [6.45, 7) is 3.29. The van der Waals surface area contributed by atoms with E-state index in [-0.39, 0.29) is 12.0 Å². The first-order valence-corrected chi connectivity index (χ1v) is 5.70. The Kier molecular flexibility index (Phi) is 4.94. The van der Waals surface area contributed by atoms with Gasteiger partial charge in [-0.3, -0.25) is 4.79 Å². The van der Waals surface area contributed by atoms with E-state index in [0.29, 0.717) is 19.5 Å². The first kappa shape index (κ1) is 11.5. The summed E-state index contributed by atoms with van der Waals surface area (Å²) < 4.78 is 0. The van der Waals surface area contributed by atoms with Crippen LogP contribution >= 0.6 is 0 Å². The molecule has 0 radical (unpaired) electrons. The Morgan fingerprint density at radius 2 is 1.93 bits per heavy atom. The molecule has 0 aromatic heterocycles. The molecule has 14 heavy (non-hydrogen) atoms. The van der Waals surface area contributed by atoms with Crippen LogP contribution in [0.4, 0.5) is 0 Å². The van der Waals surface area contributed by atoms with Crippen molar-refractivity contribution >= 4 is 5.91 Å². The average Bonchev–Trinajstić information content (AvgIpc) is 2.12. The molecule has 0 spiro atoms. The van der Waals surface area contributed by atoms with E-state index >= 15 is 0 Å². The summed E-state index contributed by atoms with van der Waals surface area (Å²) in [5.41, 5.74) is 0. The molecule has 1 aliphatic heterocycles. The third-order valence-corrected chi connectivity index (χ3v) is 2.71. The van der Waals surface area contributed by atoms with Gasteiger partial charge in [-0.15, -0.1) is 0 Å². The van der Waals surface area contributed by atoms with E-state index < -0.39 is 0 Å². The lowest BCUT2D eigenvalue weighted by molar-refractivity contribution is -0.141. The molecule has 1 rings (SSSR count). The highest BCUT2D eigenvalue weighted by molar-refractivity contribution is 5.77. The Morgan fingerprint density at radius 1 is 1.29 bits per heavy atom. The van der Waals surface area contributed by atoms with Crippen LogP contribution in [0.1, 0.15) is 45.4 Å². The van der Waals surface area contributed by atoms with E-state index in [0.717, 1.165) is 12.8 Å². The number of aliphatic hydroxyl groups is 1. The fraction of sp³-hybridized carbons (Fsp3) is 0.909. The van der Waals surface area contributed by atoms with Crippen LogP contribution in [0.15, 0.2) is 0 Å². The molecule has 0 bridgehead atoms. The molecule has 1 amide bonds. The van der Waals surface area contributed by atoms with Crippen molar-refractivity contribution in [2.75, 3.05) is 13.1 Å². The van der Waals surface area contributed by atoms with Crippen LogP contribution in [-0.2, 0) is 4.79 Å². The predicted molar refractivity (Wildman–Crippen MR) is 56.0 cm³/mol. The van der Waals surface area contributed by atoms with E-state index in [4.69, 9.17) is 5.11 Å². The van der Waals surface area contributed by atoms with E-state index in [9.17, 15) is 4.79 Å². The van der Waals surface area contributed by atoms with Gasteiger partial charge in [-0.05, 0) is 6.42 Å². The molecule has 0 saturated carbocycles. The first-order chi connectivity index (χ1) is 6.74. The number of aliphatic hydroxyl groups excluding tert-OH is 1. The van der Waals surface area contributed by atoms with Gasteiger partial charge in [0.25, 0.3) is 0 Å². The molecule has 0 atom stereocenters. The van der Waals surface area contributed by atoms with Gasteiger partial charge >= 0.3 is 0 Å². The number of carbonyl (C=O) groups is 1. The van der Waals surface area contributed by atoms with Crippen molar-refractivity contribution in [2.45, 2.75) is 51.6 Å². The van der Waals surface area contributed by atoms with Gasteiger partial charge in [0.05, 0.1) is 6.10 Å². The molecule has 3 heteroatoms. The zero-order chi connectivity index (χ0) is 10.4. The zero-order valence-electron chi connectivity index (χ0n) is 9.04. The number of β-amino-alcohol motifs (C(OH)–C–C–N with tert-alkyl or cyclic N) is 1. The maximum Gasteiger partial charge on any atom is 0.222 e. The van der Waals surface area contributed by atoms with E-state index in [1.54, 1.807) is 4.90 Å². The lowest BCUT2D eigenvalue weighted by Crippen LogP contribution is -2.53. The van der Waals surface area contributed by atoms with Crippen LogP contribution in [0.3, 0.4) is 0 Å². The standard InChI is InChI=1S/C11H21NO2/c1-2-3-4-5-6-7-11(14)12-8-10(13)9-12/h10,13H,2-9H2,1H3. The molecule has 82 valence electrons. The SMILES string of the molecule is CCCCCCCC(=O)N1CC(O)C1. The zero-order valence-corrected chi connectivity index (χ0v) is 9.04. The smallest absolute Gasteiger partial charge is 0.222 e. The number of amides is 1. The number of hydrogen-bond acceptors (Lipinski definition) is 2. The van der Waals surface area contributed by atoms with Gasteiger partial charge in [-0.1, -0.05) is 32.6 Å². The number of likely N-dealkylation sites (tertiary alicyclic amines) is 1. The topological polar surface area (TPSA) is 40.5 Å². The Hall–Kier alpha value is -0.570. The summed E-state index contributed by atoms with van der Waals surface area (Å²) in [6, 6.07) is 0. The molecule has 1 aliphatic rings. The molecule has 0 unspecified atom stereocenters. The summed E-state index contributed by atoms with van der Waals surface area (Å²) in [5.74, 6) is 0.215. The Bertz CT molecular complexity index is 176. The van der Waals surface area contributed by atoms with Crippen LogP contribution in [-0.4, -0.2) is 35.1 Å². The minimum Gasteiger partial charge on any atom is -0.389 e. The quantitative estimate of drug-likeness (QED) is 0.659. The number of nitrogens with zero attached hydrogens (tertiary/aromatic N) is 1. The molecule has 0 aromatic carbocycles. The van der Waals surface area contributed by atoms with Gasteiger partial charge in [-0.25, -0.2) is 0 Å². The van der Waals surface area contributed by atoms with Crippen LogP contribution in [0.25, 0.3) is 0 Å². The Labute approximate surface area is 86.1 Å². The lowest BCUT2D eigenvalue weighted by atomic mass is 10.1. The molecule has 1 N–H and O–H groups in total. The van der Waals surface area contributed by atoms with Crippen molar-refractivity contribution in [3.05, 3.63) is 0 Å². The number of unbranched alkanes of at least 4 members (excludes halogenated alkanes) is 4. The van der Waals surface area contributed by atoms with Gasteiger partial charge in [0.15, 0.2) is 0 Å². The van der Waals surface area contributed by atoms with Crippen LogP contribution in [0.2, 0.25) is 0 Å². The molecule has 1 saturated heterocycles. The molecular formula is C11H21NO2. The fourth-order valence-electron chi connectivity index (χ4n) is 1.70. The van der Waals surface area contributed by atoms with Gasteiger partial charge in [0.2, 0.25) is 5.91 Å². The van der Waals surface area contributed by atoms with E-state index in [2.05, 4.69) is 6.92 Å². The maximum absolute atomic E-state index is 11.4. The predicted octanol–water partition coefficient (Wildman–Crippen LogP) is 1.55. The highest BCUT2D eigenvalue weighted by atomic mass is 16.3. The summed E-state index contributed by atoms with van der Waals surface area (Å²) >= 11 is 0. The second-order valence-electron chi connectivity index (χ2n) is 4.12.